The highest BCUT2D eigenvalue weighted by atomic mass is 32.2. The number of benzene rings is 1. The average molecular weight is 375 g/mol. The van der Waals surface area contributed by atoms with Gasteiger partial charge in [-0.15, -0.1) is 0 Å². The summed E-state index contributed by atoms with van der Waals surface area (Å²) in [5.74, 6) is -0.340. The lowest BCUT2D eigenvalue weighted by atomic mass is 10.1. The van der Waals surface area contributed by atoms with E-state index in [1.807, 2.05) is 24.3 Å². The Hall–Kier alpha value is -2.48. The number of carbonyl (C=O) groups is 2. The van der Waals surface area contributed by atoms with Crippen LogP contribution in [-0.4, -0.2) is 49.3 Å². The lowest BCUT2D eigenvalue weighted by Gasteiger charge is -2.22. The summed E-state index contributed by atoms with van der Waals surface area (Å²) in [6, 6.07) is 8.97. The van der Waals surface area contributed by atoms with Gasteiger partial charge in [-0.3, -0.25) is 14.6 Å². The Morgan fingerprint density at radius 2 is 2.04 bits per heavy atom. The second kappa shape index (κ2) is 7.41. The maximum atomic E-state index is 12.2. The number of nitrogens with one attached hydrogen (secondary N) is 1. The summed E-state index contributed by atoms with van der Waals surface area (Å²) in [5, 5.41) is 3.66. The molecule has 26 heavy (non-hydrogen) atoms. The minimum Gasteiger partial charge on any atom is -0.352 e. The van der Waals surface area contributed by atoms with Crippen LogP contribution < -0.4 is 10.2 Å². The lowest BCUT2D eigenvalue weighted by molar-refractivity contribution is -0.121. The molecule has 3 rings (SSSR count). The van der Waals surface area contributed by atoms with Crippen molar-refractivity contribution in [2.45, 2.75) is 25.8 Å². The largest absolute Gasteiger partial charge is 0.352 e. The normalized spacial score (nSPS) is 18.6. The molecule has 0 spiro atoms. The van der Waals surface area contributed by atoms with Crippen LogP contribution in [0.1, 0.15) is 19.8 Å². The number of amides is 2. The lowest BCUT2D eigenvalue weighted by Crippen LogP contribution is -2.38. The number of para-hydroxylation sites is 1. The summed E-state index contributed by atoms with van der Waals surface area (Å²) in [7, 11) is -3.04. The maximum Gasteiger partial charge on any atom is 0.223 e. The van der Waals surface area contributed by atoms with Gasteiger partial charge >= 0.3 is 0 Å². The van der Waals surface area contributed by atoms with Crippen LogP contribution in [0.5, 0.6) is 0 Å². The third-order valence-corrected chi connectivity index (χ3v) is 6.21. The third kappa shape index (κ3) is 4.19. The Balaban J connectivity index is 1.69. The van der Waals surface area contributed by atoms with Crippen LogP contribution in [0.4, 0.5) is 5.69 Å². The van der Waals surface area contributed by atoms with Crippen LogP contribution in [0.15, 0.2) is 36.5 Å². The standard InChI is InChI=1S/C18H21N3O4S/c1-13(22)21(16-6-2-4-14-5-3-9-19-18(14)16)10-7-17(23)20-15-8-11-26(24,25)12-15/h2-6,9,15H,7-8,10-12H2,1H3,(H,20,23). The zero-order valence-corrected chi connectivity index (χ0v) is 15.3. The molecule has 0 bridgehead atoms. The smallest absolute Gasteiger partial charge is 0.223 e. The molecule has 1 fully saturated rings. The predicted octanol–water partition coefficient (Wildman–Crippen LogP) is 1.28. The number of anilines is 1. The first kappa shape index (κ1) is 18.3. The Kier molecular flexibility index (Phi) is 5.22. The van der Waals surface area contributed by atoms with Crippen LogP contribution in [0.3, 0.4) is 0 Å². The van der Waals surface area contributed by atoms with E-state index >= 15 is 0 Å². The highest BCUT2D eigenvalue weighted by Gasteiger charge is 2.29. The summed E-state index contributed by atoms with van der Waals surface area (Å²) in [5.41, 5.74) is 1.36. The highest BCUT2D eigenvalue weighted by Crippen LogP contribution is 2.25. The fourth-order valence-corrected chi connectivity index (χ4v) is 4.85. The topological polar surface area (TPSA) is 96.4 Å². The van der Waals surface area contributed by atoms with Crippen molar-refractivity contribution in [3.05, 3.63) is 36.5 Å². The fraction of sp³-hybridized carbons (Fsp3) is 0.389. The van der Waals surface area contributed by atoms with Crippen molar-refractivity contribution in [2.75, 3.05) is 23.0 Å². The van der Waals surface area contributed by atoms with Crippen LogP contribution in [0, 0.1) is 0 Å². The van der Waals surface area contributed by atoms with Crippen molar-refractivity contribution >= 4 is 38.2 Å². The molecular weight excluding hydrogens is 354 g/mol. The van der Waals surface area contributed by atoms with E-state index in [9.17, 15) is 18.0 Å². The summed E-state index contributed by atoms with van der Waals surface area (Å²) in [4.78, 5) is 30.2. The molecule has 1 N–H and O–H groups in total. The minimum absolute atomic E-state index is 0.0115. The monoisotopic (exact) mass is 375 g/mol. The predicted molar refractivity (Wildman–Crippen MR) is 99.6 cm³/mol. The first-order valence-corrected chi connectivity index (χ1v) is 10.3. The Labute approximate surface area is 152 Å². The summed E-state index contributed by atoms with van der Waals surface area (Å²) >= 11 is 0. The van der Waals surface area contributed by atoms with Gasteiger partial charge in [0.25, 0.3) is 0 Å². The summed E-state index contributed by atoms with van der Waals surface area (Å²) < 4.78 is 23.0. The van der Waals surface area contributed by atoms with Gasteiger partial charge in [0.15, 0.2) is 9.84 Å². The molecule has 1 aliphatic heterocycles. The molecule has 2 aromatic rings. The van der Waals surface area contributed by atoms with Gasteiger partial charge in [-0.25, -0.2) is 8.42 Å². The van der Waals surface area contributed by atoms with Gasteiger partial charge in [-0.1, -0.05) is 18.2 Å². The maximum absolute atomic E-state index is 12.2. The number of pyridine rings is 1. The molecule has 7 nitrogen and oxygen atoms in total. The molecule has 0 radical (unpaired) electrons. The number of hydrogen-bond donors (Lipinski definition) is 1. The zero-order chi connectivity index (χ0) is 18.7. The second-order valence-corrected chi connectivity index (χ2v) is 8.67. The van der Waals surface area contributed by atoms with Crippen molar-refractivity contribution in [2.24, 2.45) is 0 Å². The van der Waals surface area contributed by atoms with E-state index in [4.69, 9.17) is 0 Å². The molecule has 1 aromatic carbocycles. The molecule has 2 amide bonds. The summed E-state index contributed by atoms with van der Waals surface area (Å²) in [6.45, 7) is 1.65. The van der Waals surface area contributed by atoms with Gasteiger partial charge in [-0.2, -0.15) is 0 Å². The molecule has 0 aliphatic carbocycles. The number of rotatable bonds is 5. The Morgan fingerprint density at radius 3 is 2.73 bits per heavy atom. The third-order valence-electron chi connectivity index (χ3n) is 4.44. The molecule has 1 saturated heterocycles. The van der Waals surface area contributed by atoms with Gasteiger partial charge in [0.05, 0.1) is 22.7 Å². The minimum atomic E-state index is -3.04. The van der Waals surface area contributed by atoms with E-state index in [2.05, 4.69) is 10.3 Å². The van der Waals surface area contributed by atoms with Gasteiger partial charge in [0.2, 0.25) is 11.8 Å². The SMILES string of the molecule is CC(=O)N(CCC(=O)NC1CCS(=O)(=O)C1)c1cccc2cccnc12. The molecule has 1 unspecified atom stereocenters. The van der Waals surface area contributed by atoms with E-state index in [0.29, 0.717) is 17.6 Å². The van der Waals surface area contributed by atoms with Crippen molar-refractivity contribution in [3.8, 4) is 0 Å². The fourth-order valence-electron chi connectivity index (χ4n) is 3.18. The average Bonchev–Trinajstić information content (AvgIpc) is 2.93. The van der Waals surface area contributed by atoms with Crippen molar-refractivity contribution in [1.82, 2.24) is 10.3 Å². The Morgan fingerprint density at radius 1 is 1.27 bits per heavy atom. The number of fused-ring (bicyclic) bond motifs is 1. The molecular formula is C18H21N3O4S. The van der Waals surface area contributed by atoms with Crippen LogP contribution in [0.25, 0.3) is 10.9 Å². The van der Waals surface area contributed by atoms with Gasteiger partial charge in [0.1, 0.15) is 0 Å². The molecule has 138 valence electrons. The van der Waals surface area contributed by atoms with Crippen LogP contribution in [-0.2, 0) is 19.4 Å². The van der Waals surface area contributed by atoms with E-state index in [1.165, 1.54) is 11.8 Å². The molecule has 2 heterocycles. The van der Waals surface area contributed by atoms with Crippen molar-refractivity contribution in [3.63, 3.8) is 0 Å². The molecule has 1 atom stereocenters. The van der Waals surface area contributed by atoms with E-state index in [0.717, 1.165) is 5.39 Å². The van der Waals surface area contributed by atoms with E-state index in [1.54, 1.807) is 12.3 Å². The quantitative estimate of drug-likeness (QED) is 0.849. The molecule has 0 saturated carbocycles. The van der Waals surface area contributed by atoms with Gasteiger partial charge in [0, 0.05) is 37.5 Å². The zero-order valence-electron chi connectivity index (χ0n) is 14.5. The number of hydrogen-bond acceptors (Lipinski definition) is 5. The first-order chi connectivity index (χ1) is 12.4. The first-order valence-electron chi connectivity index (χ1n) is 8.47. The molecule has 8 heteroatoms. The van der Waals surface area contributed by atoms with Gasteiger partial charge < -0.3 is 10.2 Å². The van der Waals surface area contributed by atoms with Gasteiger partial charge in [-0.05, 0) is 18.6 Å². The second-order valence-electron chi connectivity index (χ2n) is 6.44. The molecule has 1 aromatic heterocycles. The van der Waals surface area contributed by atoms with Crippen molar-refractivity contribution < 1.29 is 18.0 Å². The number of carbonyl (C=O) groups excluding carboxylic acids is 2. The number of aromatic nitrogens is 1. The number of nitrogens with zero attached hydrogens (tertiary/aromatic N) is 2. The molecule has 1 aliphatic rings. The summed E-state index contributed by atoms with van der Waals surface area (Å²) in [6.07, 6.45) is 2.20. The Bertz CT molecular complexity index is 937. The van der Waals surface area contributed by atoms with E-state index in [-0.39, 0.29) is 42.3 Å². The van der Waals surface area contributed by atoms with Crippen LogP contribution >= 0.6 is 0 Å². The highest BCUT2D eigenvalue weighted by molar-refractivity contribution is 7.91. The van der Waals surface area contributed by atoms with Crippen LogP contribution in [0.2, 0.25) is 0 Å². The van der Waals surface area contributed by atoms with E-state index < -0.39 is 9.84 Å². The number of sulfone groups is 1. The van der Waals surface area contributed by atoms with Crippen molar-refractivity contribution in [1.29, 1.82) is 0 Å².